The van der Waals surface area contributed by atoms with Gasteiger partial charge in [-0.1, -0.05) is 13.8 Å². The summed E-state index contributed by atoms with van der Waals surface area (Å²) in [6.45, 7) is 5.63. The van der Waals surface area contributed by atoms with Crippen LogP contribution >= 0.6 is 0 Å². The van der Waals surface area contributed by atoms with Crippen molar-refractivity contribution in [2.75, 3.05) is 25.0 Å². The van der Waals surface area contributed by atoms with E-state index >= 15 is 0 Å². The van der Waals surface area contributed by atoms with E-state index in [9.17, 15) is 9.59 Å². The number of hydrogen-bond acceptors (Lipinski definition) is 3. The zero-order chi connectivity index (χ0) is 17.5. The summed E-state index contributed by atoms with van der Waals surface area (Å²) >= 11 is 0. The smallest absolute Gasteiger partial charge is 0.319 e. The lowest BCUT2D eigenvalue weighted by atomic mass is 9.98. The predicted molar refractivity (Wildman–Crippen MR) is 94.1 cm³/mol. The number of piperidine rings is 1. The number of carbonyl (C=O) groups is 2. The van der Waals surface area contributed by atoms with Gasteiger partial charge >= 0.3 is 6.03 Å². The first-order valence-electron chi connectivity index (χ1n) is 8.61. The van der Waals surface area contributed by atoms with Gasteiger partial charge in [-0.2, -0.15) is 0 Å². The fourth-order valence-corrected chi connectivity index (χ4v) is 2.72. The van der Waals surface area contributed by atoms with Gasteiger partial charge in [0, 0.05) is 24.3 Å². The molecule has 1 atom stereocenters. The quantitative estimate of drug-likeness (QED) is 0.774. The van der Waals surface area contributed by atoms with Gasteiger partial charge in [0.25, 0.3) is 5.91 Å². The van der Waals surface area contributed by atoms with Crippen molar-refractivity contribution in [1.82, 2.24) is 10.2 Å². The van der Waals surface area contributed by atoms with E-state index in [0.717, 1.165) is 25.9 Å². The minimum absolute atomic E-state index is 0.0456. The molecule has 24 heavy (non-hydrogen) atoms. The second kappa shape index (κ2) is 8.68. The molecule has 1 heterocycles. The van der Waals surface area contributed by atoms with Crippen LogP contribution in [0.1, 0.15) is 43.5 Å². The lowest BCUT2D eigenvalue weighted by molar-refractivity contribution is 0.0697. The van der Waals surface area contributed by atoms with Crippen molar-refractivity contribution < 1.29 is 14.7 Å². The van der Waals surface area contributed by atoms with E-state index in [-0.39, 0.29) is 24.6 Å². The zero-order valence-corrected chi connectivity index (χ0v) is 14.4. The van der Waals surface area contributed by atoms with E-state index in [1.807, 2.05) is 11.8 Å². The Labute approximate surface area is 143 Å². The molecular formula is C18H27N3O3. The summed E-state index contributed by atoms with van der Waals surface area (Å²) in [5.41, 5.74) is 1.25. The maximum absolute atomic E-state index is 12.5. The number of benzene rings is 1. The van der Waals surface area contributed by atoms with Crippen molar-refractivity contribution in [3.05, 3.63) is 29.8 Å². The molecule has 1 aromatic rings. The van der Waals surface area contributed by atoms with Crippen molar-refractivity contribution >= 4 is 17.6 Å². The number of anilines is 1. The maximum atomic E-state index is 12.5. The highest BCUT2D eigenvalue weighted by Crippen LogP contribution is 2.19. The molecule has 1 aliphatic rings. The Hall–Kier alpha value is -2.08. The molecular weight excluding hydrogens is 306 g/mol. The number of carbonyl (C=O) groups excluding carboxylic acids is 2. The maximum Gasteiger partial charge on any atom is 0.319 e. The van der Waals surface area contributed by atoms with E-state index in [2.05, 4.69) is 17.6 Å². The Morgan fingerprint density at radius 1 is 1.25 bits per heavy atom. The molecule has 2 rings (SSSR count). The minimum Gasteiger partial charge on any atom is -0.394 e. The van der Waals surface area contributed by atoms with Gasteiger partial charge in [0.05, 0.1) is 12.6 Å². The van der Waals surface area contributed by atoms with Crippen molar-refractivity contribution in [2.24, 2.45) is 5.92 Å². The average molecular weight is 333 g/mol. The molecule has 1 aliphatic heterocycles. The summed E-state index contributed by atoms with van der Waals surface area (Å²) in [4.78, 5) is 26.2. The molecule has 0 unspecified atom stereocenters. The summed E-state index contributed by atoms with van der Waals surface area (Å²) in [6.07, 6.45) is 2.76. The topological polar surface area (TPSA) is 81.7 Å². The van der Waals surface area contributed by atoms with Crippen LogP contribution in [0.15, 0.2) is 24.3 Å². The van der Waals surface area contributed by atoms with Crippen LogP contribution in [-0.4, -0.2) is 47.7 Å². The number of hydrogen-bond donors (Lipinski definition) is 3. The molecule has 3 N–H and O–H groups in total. The zero-order valence-electron chi connectivity index (χ0n) is 14.4. The van der Waals surface area contributed by atoms with Crippen LogP contribution in [0.2, 0.25) is 0 Å². The molecule has 0 saturated carbocycles. The summed E-state index contributed by atoms with van der Waals surface area (Å²) in [7, 11) is 0. The lowest BCUT2D eigenvalue weighted by Gasteiger charge is -2.30. The van der Waals surface area contributed by atoms with E-state index in [0.29, 0.717) is 23.6 Å². The third kappa shape index (κ3) is 4.96. The molecule has 0 aliphatic carbocycles. The van der Waals surface area contributed by atoms with Crippen LogP contribution in [-0.2, 0) is 0 Å². The second-order valence-electron chi connectivity index (χ2n) is 6.44. The number of nitrogens with zero attached hydrogens (tertiary/aromatic N) is 1. The highest BCUT2D eigenvalue weighted by molar-refractivity contribution is 5.95. The molecule has 132 valence electrons. The summed E-state index contributed by atoms with van der Waals surface area (Å²) in [5, 5.41) is 14.5. The van der Waals surface area contributed by atoms with Crippen LogP contribution in [0.5, 0.6) is 0 Å². The molecule has 6 nitrogen and oxygen atoms in total. The van der Waals surface area contributed by atoms with Gasteiger partial charge in [-0.25, -0.2) is 4.79 Å². The van der Waals surface area contributed by atoms with Gasteiger partial charge in [-0.05, 0) is 49.4 Å². The van der Waals surface area contributed by atoms with E-state index < -0.39 is 0 Å². The van der Waals surface area contributed by atoms with Crippen LogP contribution < -0.4 is 10.6 Å². The highest BCUT2D eigenvalue weighted by Gasteiger charge is 2.21. The number of urea groups is 1. The molecule has 0 aromatic heterocycles. The van der Waals surface area contributed by atoms with Crippen molar-refractivity contribution in [1.29, 1.82) is 0 Å². The second-order valence-corrected chi connectivity index (χ2v) is 6.44. The number of rotatable bonds is 5. The molecule has 0 spiro atoms. The van der Waals surface area contributed by atoms with Crippen molar-refractivity contribution in [3.63, 3.8) is 0 Å². The van der Waals surface area contributed by atoms with Gasteiger partial charge < -0.3 is 20.6 Å². The van der Waals surface area contributed by atoms with Gasteiger partial charge in [-0.3, -0.25) is 4.79 Å². The van der Waals surface area contributed by atoms with Gasteiger partial charge in [0.2, 0.25) is 0 Å². The third-order valence-electron chi connectivity index (χ3n) is 4.51. The number of nitrogens with one attached hydrogen (secondary N) is 2. The largest absolute Gasteiger partial charge is 0.394 e. The number of likely N-dealkylation sites (tertiary alicyclic amines) is 1. The van der Waals surface area contributed by atoms with Crippen molar-refractivity contribution in [2.45, 2.75) is 39.2 Å². The van der Waals surface area contributed by atoms with Gasteiger partial charge in [0.15, 0.2) is 0 Å². The Balaban J connectivity index is 1.90. The Morgan fingerprint density at radius 2 is 1.88 bits per heavy atom. The molecule has 0 bridgehead atoms. The first-order valence-corrected chi connectivity index (χ1v) is 8.61. The number of aliphatic hydroxyl groups is 1. The first kappa shape index (κ1) is 18.3. The molecule has 1 saturated heterocycles. The monoisotopic (exact) mass is 333 g/mol. The van der Waals surface area contributed by atoms with Gasteiger partial charge in [-0.15, -0.1) is 0 Å². The summed E-state index contributed by atoms with van der Waals surface area (Å²) in [6, 6.07) is 6.30. The minimum atomic E-state index is -0.361. The molecule has 6 heteroatoms. The SMILES string of the molecule is CC[C@@H](CO)NC(=O)Nc1ccc(C(=O)N2CCC(C)CC2)cc1. The Morgan fingerprint density at radius 3 is 2.42 bits per heavy atom. The number of aliphatic hydroxyl groups excluding tert-OH is 1. The number of amides is 3. The van der Waals surface area contributed by atoms with Gasteiger partial charge in [0.1, 0.15) is 0 Å². The predicted octanol–water partition coefficient (Wildman–Crippen LogP) is 2.45. The molecule has 0 radical (unpaired) electrons. The van der Waals surface area contributed by atoms with Crippen molar-refractivity contribution in [3.8, 4) is 0 Å². The molecule has 1 fully saturated rings. The van der Waals surface area contributed by atoms with Crippen LogP contribution in [0.25, 0.3) is 0 Å². The van der Waals surface area contributed by atoms with Crippen LogP contribution in [0.3, 0.4) is 0 Å². The summed E-state index contributed by atoms with van der Waals surface area (Å²) < 4.78 is 0. The Bertz CT molecular complexity index is 547. The van der Waals surface area contributed by atoms with E-state index in [1.54, 1.807) is 24.3 Å². The van der Waals surface area contributed by atoms with E-state index in [1.165, 1.54) is 0 Å². The fourth-order valence-electron chi connectivity index (χ4n) is 2.72. The average Bonchev–Trinajstić information content (AvgIpc) is 2.60. The first-order chi connectivity index (χ1) is 11.5. The fraction of sp³-hybridized carbons (Fsp3) is 0.556. The third-order valence-corrected chi connectivity index (χ3v) is 4.51. The molecule has 1 aromatic carbocycles. The Kier molecular flexibility index (Phi) is 6.61. The molecule has 3 amide bonds. The van der Waals surface area contributed by atoms with Crippen LogP contribution in [0, 0.1) is 5.92 Å². The standard InChI is InChI=1S/C18H27N3O3/c1-3-15(12-22)19-18(24)20-16-6-4-14(5-7-16)17(23)21-10-8-13(2)9-11-21/h4-7,13,15,22H,3,8-12H2,1-2H3,(H2,19,20,24)/t15-/m0/s1. The normalized spacial score (nSPS) is 16.5. The van der Waals surface area contributed by atoms with Crippen LogP contribution in [0.4, 0.5) is 10.5 Å². The highest BCUT2D eigenvalue weighted by atomic mass is 16.3. The summed E-state index contributed by atoms with van der Waals surface area (Å²) in [5.74, 6) is 0.731. The van der Waals surface area contributed by atoms with E-state index in [4.69, 9.17) is 5.11 Å². The lowest BCUT2D eigenvalue weighted by Crippen LogP contribution is -2.39.